The average Bonchev–Trinajstić information content (AvgIpc) is 2.80. The Bertz CT molecular complexity index is 1240. The molecule has 0 atom stereocenters. The van der Waals surface area contributed by atoms with Gasteiger partial charge in [-0.1, -0.05) is 36.4 Å². The zero-order valence-electron chi connectivity index (χ0n) is 18.6. The minimum absolute atomic E-state index is 0.000896. The summed E-state index contributed by atoms with van der Waals surface area (Å²) in [7, 11) is -1.21. The summed E-state index contributed by atoms with van der Waals surface area (Å²) < 4.78 is 37.7. The van der Waals surface area contributed by atoms with Crippen LogP contribution in [0.25, 0.3) is 0 Å². The minimum Gasteiger partial charge on any atom is -0.495 e. The summed E-state index contributed by atoms with van der Waals surface area (Å²) in [6.07, 6.45) is 1.45. The van der Waals surface area contributed by atoms with Gasteiger partial charge in [-0.15, -0.1) is 0 Å². The fraction of sp³-hybridized carbons (Fsp3) is 0.167. The number of nitrogens with zero attached hydrogens (tertiary/aromatic N) is 2. The van der Waals surface area contributed by atoms with Gasteiger partial charge in [0.2, 0.25) is 10.0 Å². The Labute approximate surface area is 193 Å². The Hall–Kier alpha value is -3.69. The van der Waals surface area contributed by atoms with E-state index in [1.807, 2.05) is 36.4 Å². The van der Waals surface area contributed by atoms with E-state index in [0.717, 1.165) is 9.87 Å². The van der Waals surface area contributed by atoms with Crippen LogP contribution in [0.1, 0.15) is 11.1 Å². The molecule has 0 saturated carbocycles. The molecule has 0 radical (unpaired) electrons. The highest BCUT2D eigenvalue weighted by Crippen LogP contribution is 2.27. The van der Waals surface area contributed by atoms with Gasteiger partial charge in [-0.25, -0.2) is 13.8 Å². The van der Waals surface area contributed by atoms with Crippen LogP contribution in [0.4, 0.5) is 0 Å². The van der Waals surface area contributed by atoms with Crippen molar-refractivity contribution in [3.8, 4) is 17.2 Å². The SMILES string of the molecule is COc1ccc(C)cc1S(=O)(=O)N(C)CC(=O)N/N=C/c1cccc(Oc2ccccc2)c1. The van der Waals surface area contributed by atoms with E-state index in [0.29, 0.717) is 17.1 Å². The molecule has 0 saturated heterocycles. The summed E-state index contributed by atoms with van der Waals surface area (Å²) in [4.78, 5) is 12.3. The number of hydrogen-bond donors (Lipinski definition) is 1. The first-order valence-corrected chi connectivity index (χ1v) is 11.5. The molecule has 1 N–H and O–H groups in total. The lowest BCUT2D eigenvalue weighted by Crippen LogP contribution is -2.36. The van der Waals surface area contributed by atoms with Gasteiger partial charge in [-0.3, -0.25) is 4.79 Å². The third-order valence-electron chi connectivity index (χ3n) is 4.61. The summed E-state index contributed by atoms with van der Waals surface area (Å²) in [5.74, 6) is 0.952. The van der Waals surface area contributed by atoms with Crippen molar-refractivity contribution in [3.05, 3.63) is 83.9 Å². The molecule has 172 valence electrons. The lowest BCUT2D eigenvalue weighted by Gasteiger charge is -2.18. The van der Waals surface area contributed by atoms with Crippen LogP contribution in [-0.2, 0) is 14.8 Å². The first-order chi connectivity index (χ1) is 15.8. The molecular weight excluding hydrogens is 442 g/mol. The fourth-order valence-corrected chi connectivity index (χ4v) is 4.30. The maximum Gasteiger partial charge on any atom is 0.255 e. The van der Waals surface area contributed by atoms with Gasteiger partial charge < -0.3 is 9.47 Å². The number of benzene rings is 3. The molecule has 8 nitrogen and oxygen atoms in total. The second-order valence-corrected chi connectivity index (χ2v) is 9.21. The van der Waals surface area contributed by atoms with Gasteiger partial charge in [0.25, 0.3) is 5.91 Å². The molecule has 0 aliphatic rings. The Morgan fingerprint density at radius 1 is 1.03 bits per heavy atom. The molecule has 0 heterocycles. The van der Waals surface area contributed by atoms with Crippen LogP contribution < -0.4 is 14.9 Å². The third kappa shape index (κ3) is 6.41. The van der Waals surface area contributed by atoms with Crippen LogP contribution in [0.3, 0.4) is 0 Å². The Kier molecular flexibility index (Phi) is 7.81. The number of methoxy groups -OCH3 is 1. The van der Waals surface area contributed by atoms with Gasteiger partial charge in [0.1, 0.15) is 22.1 Å². The number of rotatable bonds is 9. The topological polar surface area (TPSA) is 97.3 Å². The number of aryl methyl sites for hydroxylation is 1. The highest BCUT2D eigenvalue weighted by atomic mass is 32.2. The summed E-state index contributed by atoms with van der Waals surface area (Å²) >= 11 is 0. The molecule has 1 amide bonds. The van der Waals surface area contributed by atoms with E-state index in [2.05, 4.69) is 10.5 Å². The molecule has 0 unspecified atom stereocenters. The summed E-state index contributed by atoms with van der Waals surface area (Å²) in [5.41, 5.74) is 3.81. The number of hydrazone groups is 1. The van der Waals surface area contributed by atoms with Crippen LogP contribution in [0, 0.1) is 6.92 Å². The molecule has 0 spiro atoms. The van der Waals surface area contributed by atoms with Gasteiger partial charge in [-0.2, -0.15) is 9.41 Å². The highest BCUT2D eigenvalue weighted by molar-refractivity contribution is 7.89. The van der Waals surface area contributed by atoms with Crippen molar-refractivity contribution in [2.75, 3.05) is 20.7 Å². The molecular formula is C24H25N3O5S. The number of sulfonamides is 1. The predicted octanol–water partition coefficient (Wildman–Crippen LogP) is 3.57. The van der Waals surface area contributed by atoms with Gasteiger partial charge in [0.15, 0.2) is 0 Å². The van der Waals surface area contributed by atoms with Crippen molar-refractivity contribution in [1.82, 2.24) is 9.73 Å². The number of carbonyl (C=O) groups excluding carboxylic acids is 1. The lowest BCUT2D eigenvalue weighted by molar-refractivity contribution is -0.121. The summed E-state index contributed by atoms with van der Waals surface area (Å²) in [5, 5.41) is 3.92. The standard InChI is InChI=1S/C24H25N3O5S/c1-18-12-13-22(31-3)23(14-18)33(29,30)27(2)17-24(28)26-25-16-19-8-7-11-21(15-19)32-20-9-5-4-6-10-20/h4-16H,17H2,1-3H3,(H,26,28)/b25-16+. The maximum atomic E-state index is 12.9. The Morgan fingerprint density at radius 2 is 1.76 bits per heavy atom. The zero-order chi connectivity index (χ0) is 23.8. The van der Waals surface area contributed by atoms with Gasteiger partial charge in [-0.05, 0) is 54.4 Å². The molecule has 0 aliphatic carbocycles. The van der Waals surface area contributed by atoms with Crippen molar-refractivity contribution in [3.63, 3.8) is 0 Å². The largest absolute Gasteiger partial charge is 0.495 e. The van der Waals surface area contributed by atoms with Gasteiger partial charge in [0, 0.05) is 7.05 Å². The van der Waals surface area contributed by atoms with E-state index in [1.54, 1.807) is 37.3 Å². The van der Waals surface area contributed by atoms with E-state index in [4.69, 9.17) is 9.47 Å². The quantitative estimate of drug-likeness (QED) is 0.383. The number of likely N-dealkylation sites (N-methyl/N-ethyl adjacent to an activating group) is 1. The first-order valence-electron chi connectivity index (χ1n) is 10.1. The van der Waals surface area contributed by atoms with Crippen molar-refractivity contribution in [2.45, 2.75) is 11.8 Å². The number of ether oxygens (including phenoxy) is 2. The van der Waals surface area contributed by atoms with Crippen molar-refractivity contribution < 1.29 is 22.7 Å². The highest BCUT2D eigenvalue weighted by Gasteiger charge is 2.26. The minimum atomic E-state index is -3.93. The smallest absolute Gasteiger partial charge is 0.255 e. The second-order valence-electron chi connectivity index (χ2n) is 7.20. The van der Waals surface area contributed by atoms with E-state index >= 15 is 0 Å². The Balaban J connectivity index is 1.61. The van der Waals surface area contributed by atoms with Crippen molar-refractivity contribution in [2.24, 2.45) is 5.10 Å². The van der Waals surface area contributed by atoms with Gasteiger partial charge in [0.05, 0.1) is 19.9 Å². The molecule has 0 aliphatic heterocycles. The van der Waals surface area contributed by atoms with Gasteiger partial charge >= 0.3 is 0 Å². The lowest BCUT2D eigenvalue weighted by atomic mass is 10.2. The molecule has 3 aromatic rings. The Morgan fingerprint density at radius 3 is 2.48 bits per heavy atom. The maximum absolute atomic E-state index is 12.9. The zero-order valence-corrected chi connectivity index (χ0v) is 19.4. The van der Waals surface area contributed by atoms with E-state index in [1.165, 1.54) is 26.4 Å². The number of carbonyl (C=O) groups is 1. The van der Waals surface area contributed by atoms with E-state index < -0.39 is 22.5 Å². The number of nitrogens with one attached hydrogen (secondary N) is 1. The van der Waals surface area contributed by atoms with Crippen LogP contribution in [0.15, 0.2) is 82.8 Å². The van der Waals surface area contributed by atoms with Crippen LogP contribution in [-0.4, -0.2) is 45.5 Å². The van der Waals surface area contributed by atoms with E-state index in [-0.39, 0.29) is 10.6 Å². The monoisotopic (exact) mass is 467 g/mol. The molecule has 33 heavy (non-hydrogen) atoms. The molecule has 3 rings (SSSR count). The number of para-hydroxylation sites is 1. The normalized spacial score (nSPS) is 11.5. The second kappa shape index (κ2) is 10.8. The van der Waals surface area contributed by atoms with Crippen LogP contribution in [0.2, 0.25) is 0 Å². The number of hydrogen-bond acceptors (Lipinski definition) is 6. The number of amides is 1. The van der Waals surface area contributed by atoms with Crippen molar-refractivity contribution in [1.29, 1.82) is 0 Å². The average molecular weight is 468 g/mol. The first kappa shape index (κ1) is 24.0. The molecule has 0 aromatic heterocycles. The molecule has 0 fully saturated rings. The predicted molar refractivity (Wildman–Crippen MR) is 126 cm³/mol. The summed E-state index contributed by atoms with van der Waals surface area (Å²) in [6, 6.07) is 21.4. The van der Waals surface area contributed by atoms with Crippen LogP contribution in [0.5, 0.6) is 17.2 Å². The molecule has 3 aromatic carbocycles. The fourth-order valence-electron chi connectivity index (χ4n) is 2.94. The molecule has 0 bridgehead atoms. The van der Waals surface area contributed by atoms with Crippen molar-refractivity contribution >= 4 is 22.1 Å². The van der Waals surface area contributed by atoms with E-state index in [9.17, 15) is 13.2 Å². The third-order valence-corrected chi connectivity index (χ3v) is 6.44. The molecule has 9 heteroatoms. The summed E-state index contributed by atoms with van der Waals surface area (Å²) in [6.45, 7) is 1.37. The van der Waals surface area contributed by atoms with Crippen LogP contribution >= 0.6 is 0 Å².